The second-order valence-corrected chi connectivity index (χ2v) is 5.35. The van der Waals surface area contributed by atoms with Crippen molar-refractivity contribution >= 4 is 6.03 Å². The van der Waals surface area contributed by atoms with Crippen LogP contribution in [0.3, 0.4) is 0 Å². The van der Waals surface area contributed by atoms with Gasteiger partial charge in [0.25, 0.3) is 0 Å². The fraction of sp³-hybridized carbons (Fsp3) is 0.533. The molecule has 0 aliphatic heterocycles. The summed E-state index contributed by atoms with van der Waals surface area (Å²) in [6.07, 6.45) is 0.0577. The van der Waals surface area contributed by atoms with Gasteiger partial charge in [-0.2, -0.15) is 8.78 Å². The van der Waals surface area contributed by atoms with E-state index in [1.165, 1.54) is 12.1 Å². The molecule has 1 rings (SSSR count). The Morgan fingerprint density at radius 3 is 2.61 bits per heavy atom. The smallest absolute Gasteiger partial charge is 0.387 e. The molecule has 130 valence electrons. The van der Waals surface area contributed by atoms with Crippen molar-refractivity contribution in [3.63, 3.8) is 0 Å². The minimum absolute atomic E-state index is 0.0620. The molecule has 0 spiro atoms. The molecule has 23 heavy (non-hydrogen) atoms. The average molecular weight is 334 g/mol. The molecule has 5 nitrogen and oxygen atoms in total. The zero-order valence-electron chi connectivity index (χ0n) is 13.0. The molecule has 1 aromatic rings. The number of hydrogen-bond acceptors (Lipinski definition) is 3. The maximum atomic E-state index is 13.7. The van der Waals surface area contributed by atoms with Gasteiger partial charge in [-0.05, 0) is 31.4 Å². The van der Waals surface area contributed by atoms with Gasteiger partial charge in [-0.15, -0.1) is 0 Å². The summed E-state index contributed by atoms with van der Waals surface area (Å²) in [5.74, 6) is -0.999. The number of carbonyl (C=O) groups is 1. The Balaban J connectivity index is 2.52. The van der Waals surface area contributed by atoms with Crippen LogP contribution in [0.2, 0.25) is 0 Å². The van der Waals surface area contributed by atoms with Gasteiger partial charge in [0.2, 0.25) is 0 Å². The van der Waals surface area contributed by atoms with Crippen molar-refractivity contribution < 1.29 is 27.8 Å². The van der Waals surface area contributed by atoms with Gasteiger partial charge < -0.3 is 20.5 Å². The van der Waals surface area contributed by atoms with Crippen LogP contribution < -0.4 is 15.4 Å². The maximum absolute atomic E-state index is 13.7. The SMILES string of the molecule is CC(O)CC(C)CNC(=O)NCc1c(F)cccc1OC(F)F. The van der Waals surface area contributed by atoms with E-state index in [1.54, 1.807) is 6.92 Å². The normalized spacial score (nSPS) is 13.5. The van der Waals surface area contributed by atoms with E-state index >= 15 is 0 Å². The van der Waals surface area contributed by atoms with Gasteiger partial charge in [0.15, 0.2) is 0 Å². The van der Waals surface area contributed by atoms with E-state index in [0.29, 0.717) is 13.0 Å². The quantitative estimate of drug-likeness (QED) is 0.684. The van der Waals surface area contributed by atoms with Crippen LogP contribution in [0.4, 0.5) is 18.0 Å². The van der Waals surface area contributed by atoms with Crippen LogP contribution in [-0.2, 0) is 6.54 Å². The summed E-state index contributed by atoms with van der Waals surface area (Å²) in [5.41, 5.74) is -0.153. The number of ether oxygens (including phenoxy) is 1. The minimum atomic E-state index is -3.08. The van der Waals surface area contributed by atoms with E-state index in [0.717, 1.165) is 6.07 Å². The van der Waals surface area contributed by atoms with Crippen LogP contribution in [0.5, 0.6) is 5.75 Å². The fourth-order valence-corrected chi connectivity index (χ4v) is 2.08. The predicted molar refractivity (Wildman–Crippen MR) is 78.7 cm³/mol. The Labute approximate surface area is 132 Å². The van der Waals surface area contributed by atoms with E-state index in [2.05, 4.69) is 15.4 Å². The number of urea groups is 1. The number of hydrogen-bond donors (Lipinski definition) is 3. The molecule has 0 fully saturated rings. The number of aliphatic hydroxyl groups is 1. The molecule has 2 unspecified atom stereocenters. The molecule has 0 saturated carbocycles. The number of rotatable bonds is 8. The molecule has 0 radical (unpaired) electrons. The summed E-state index contributed by atoms with van der Waals surface area (Å²) in [6, 6.07) is 2.98. The Hall–Kier alpha value is -1.96. The van der Waals surface area contributed by atoms with Crippen molar-refractivity contribution in [1.29, 1.82) is 0 Å². The summed E-state index contributed by atoms with van der Waals surface area (Å²) in [6.45, 7) is 0.475. The molecule has 3 N–H and O–H groups in total. The van der Waals surface area contributed by atoms with E-state index in [4.69, 9.17) is 0 Å². The van der Waals surface area contributed by atoms with E-state index in [9.17, 15) is 23.1 Å². The lowest BCUT2D eigenvalue weighted by Crippen LogP contribution is -2.38. The topological polar surface area (TPSA) is 70.6 Å². The van der Waals surface area contributed by atoms with Gasteiger partial charge in [0.1, 0.15) is 11.6 Å². The lowest BCUT2D eigenvalue weighted by Gasteiger charge is -2.15. The lowest BCUT2D eigenvalue weighted by molar-refractivity contribution is -0.0506. The van der Waals surface area contributed by atoms with Crippen LogP contribution in [0.15, 0.2) is 18.2 Å². The minimum Gasteiger partial charge on any atom is -0.434 e. The number of nitrogens with one attached hydrogen (secondary N) is 2. The second kappa shape index (κ2) is 9.24. The van der Waals surface area contributed by atoms with Crippen LogP contribution in [0.25, 0.3) is 0 Å². The highest BCUT2D eigenvalue weighted by Gasteiger charge is 2.15. The number of alkyl halides is 2. The largest absolute Gasteiger partial charge is 0.434 e. The van der Waals surface area contributed by atoms with Crippen molar-refractivity contribution in [1.82, 2.24) is 10.6 Å². The molecular weight excluding hydrogens is 313 g/mol. The van der Waals surface area contributed by atoms with Crippen LogP contribution in [-0.4, -0.2) is 30.4 Å². The van der Waals surface area contributed by atoms with Crippen molar-refractivity contribution in [2.24, 2.45) is 5.92 Å². The molecule has 0 aliphatic rings. The highest BCUT2D eigenvalue weighted by Crippen LogP contribution is 2.23. The fourth-order valence-electron chi connectivity index (χ4n) is 2.08. The molecule has 8 heteroatoms. The first kappa shape index (κ1) is 19.1. The molecule has 0 heterocycles. The van der Waals surface area contributed by atoms with E-state index in [1.807, 2.05) is 6.92 Å². The van der Waals surface area contributed by atoms with E-state index in [-0.39, 0.29) is 23.8 Å². The van der Waals surface area contributed by atoms with Gasteiger partial charge in [-0.3, -0.25) is 0 Å². The Bertz CT molecular complexity index is 513. The predicted octanol–water partition coefficient (Wildman–Crippen LogP) is 2.63. The van der Waals surface area contributed by atoms with Crippen molar-refractivity contribution in [2.45, 2.75) is 39.5 Å². The Morgan fingerprint density at radius 1 is 1.30 bits per heavy atom. The molecular formula is C15H21F3N2O3. The number of benzene rings is 1. The van der Waals surface area contributed by atoms with Crippen molar-refractivity contribution in [2.75, 3.05) is 6.54 Å². The first-order valence-electron chi connectivity index (χ1n) is 7.21. The Kier molecular flexibility index (Phi) is 7.67. The second-order valence-electron chi connectivity index (χ2n) is 5.35. The van der Waals surface area contributed by atoms with Gasteiger partial charge >= 0.3 is 12.6 Å². The summed E-state index contributed by atoms with van der Waals surface area (Å²) in [5, 5.41) is 14.2. The molecule has 0 aromatic heterocycles. The molecule has 0 saturated heterocycles. The maximum Gasteiger partial charge on any atom is 0.387 e. The van der Waals surface area contributed by atoms with Gasteiger partial charge in [-0.25, -0.2) is 9.18 Å². The van der Waals surface area contributed by atoms with Crippen LogP contribution in [0, 0.1) is 11.7 Å². The first-order chi connectivity index (χ1) is 10.8. The van der Waals surface area contributed by atoms with Gasteiger partial charge in [0.05, 0.1) is 12.6 Å². The number of aliphatic hydroxyl groups excluding tert-OH is 1. The van der Waals surface area contributed by atoms with Crippen LogP contribution >= 0.6 is 0 Å². The molecule has 0 aliphatic carbocycles. The average Bonchev–Trinajstić information content (AvgIpc) is 2.43. The third-order valence-electron chi connectivity index (χ3n) is 3.07. The first-order valence-corrected chi connectivity index (χ1v) is 7.21. The van der Waals surface area contributed by atoms with Gasteiger partial charge in [-0.1, -0.05) is 13.0 Å². The Morgan fingerprint density at radius 2 is 2.00 bits per heavy atom. The molecule has 1 aromatic carbocycles. The number of amides is 2. The molecule has 0 bridgehead atoms. The van der Waals surface area contributed by atoms with Crippen molar-refractivity contribution in [3.8, 4) is 5.75 Å². The summed E-state index contributed by atoms with van der Waals surface area (Å²) in [4.78, 5) is 11.7. The summed E-state index contributed by atoms with van der Waals surface area (Å²) >= 11 is 0. The summed E-state index contributed by atoms with van der Waals surface area (Å²) in [7, 11) is 0. The third kappa shape index (κ3) is 7.23. The lowest BCUT2D eigenvalue weighted by atomic mass is 10.1. The standard InChI is InChI=1S/C15H21F3N2O3/c1-9(6-10(2)21)7-19-15(22)20-8-11-12(16)4-3-5-13(11)23-14(17)18/h3-5,9-10,14,21H,6-8H2,1-2H3,(H2,19,20,22). The monoisotopic (exact) mass is 334 g/mol. The molecule has 2 atom stereocenters. The number of halogens is 3. The zero-order chi connectivity index (χ0) is 17.4. The zero-order valence-corrected chi connectivity index (χ0v) is 13.0. The van der Waals surface area contributed by atoms with Gasteiger partial charge in [0, 0.05) is 12.1 Å². The van der Waals surface area contributed by atoms with Crippen molar-refractivity contribution in [3.05, 3.63) is 29.6 Å². The molecule has 2 amide bonds. The highest BCUT2D eigenvalue weighted by molar-refractivity contribution is 5.73. The highest BCUT2D eigenvalue weighted by atomic mass is 19.3. The third-order valence-corrected chi connectivity index (χ3v) is 3.07. The van der Waals surface area contributed by atoms with E-state index < -0.39 is 24.6 Å². The van der Waals surface area contributed by atoms with Crippen LogP contribution in [0.1, 0.15) is 25.8 Å². The summed E-state index contributed by atoms with van der Waals surface area (Å²) < 4.78 is 42.5. The number of carbonyl (C=O) groups excluding carboxylic acids is 1.